The highest BCUT2D eigenvalue weighted by Gasteiger charge is 2.22. The summed E-state index contributed by atoms with van der Waals surface area (Å²) in [4.78, 5) is 6.60. The molecular weight excluding hydrogens is 248 g/mol. The lowest BCUT2D eigenvalue weighted by molar-refractivity contribution is 0.735. The topological polar surface area (TPSA) is 47.1 Å². The van der Waals surface area contributed by atoms with Gasteiger partial charge in [0.2, 0.25) is 0 Å². The van der Waals surface area contributed by atoms with Crippen molar-refractivity contribution >= 4 is 23.0 Å². The number of fused-ring (bicyclic) bond motifs is 1. The Hall–Kier alpha value is -1.68. The molecule has 0 unspecified atom stereocenters. The third kappa shape index (κ3) is 1.73. The predicted octanol–water partition coefficient (Wildman–Crippen LogP) is 2.22. The second kappa shape index (κ2) is 4.21. The van der Waals surface area contributed by atoms with Gasteiger partial charge in [0.05, 0.1) is 24.1 Å². The van der Waals surface area contributed by atoms with Crippen LogP contribution in [0.15, 0.2) is 24.4 Å². The van der Waals surface area contributed by atoms with E-state index in [0.717, 1.165) is 36.7 Å². The first-order valence-corrected chi connectivity index (χ1v) is 6.33. The number of anilines is 2. The SMILES string of the molecule is Cn1c(Cl)cnc1CN1CCc2cccc(N)c21. The van der Waals surface area contributed by atoms with Crippen molar-refractivity contribution in [2.24, 2.45) is 7.05 Å². The fourth-order valence-electron chi connectivity index (χ4n) is 2.47. The molecule has 0 radical (unpaired) electrons. The summed E-state index contributed by atoms with van der Waals surface area (Å²) in [6, 6.07) is 6.09. The second-order valence-electron chi connectivity index (χ2n) is 4.58. The van der Waals surface area contributed by atoms with E-state index in [1.54, 1.807) is 6.20 Å². The van der Waals surface area contributed by atoms with Gasteiger partial charge in [-0.1, -0.05) is 23.7 Å². The summed E-state index contributed by atoms with van der Waals surface area (Å²) in [5.41, 5.74) is 9.37. The zero-order valence-corrected chi connectivity index (χ0v) is 11.0. The summed E-state index contributed by atoms with van der Waals surface area (Å²) in [5, 5.41) is 0.658. The maximum Gasteiger partial charge on any atom is 0.129 e. The fraction of sp³-hybridized carbons (Fsp3) is 0.308. The molecule has 2 aromatic rings. The van der Waals surface area contributed by atoms with Gasteiger partial charge in [0.25, 0.3) is 0 Å². The van der Waals surface area contributed by atoms with Crippen molar-refractivity contribution in [3.8, 4) is 0 Å². The molecule has 94 valence electrons. The van der Waals surface area contributed by atoms with Crippen LogP contribution in [0.25, 0.3) is 0 Å². The summed E-state index contributed by atoms with van der Waals surface area (Å²) in [6.45, 7) is 1.72. The molecule has 0 amide bonds. The highest BCUT2D eigenvalue weighted by atomic mass is 35.5. The fourth-order valence-corrected chi connectivity index (χ4v) is 2.61. The number of nitrogens with zero attached hydrogens (tertiary/aromatic N) is 3. The van der Waals surface area contributed by atoms with Crippen LogP contribution in [0.2, 0.25) is 5.15 Å². The lowest BCUT2D eigenvalue weighted by Crippen LogP contribution is -2.22. The highest BCUT2D eigenvalue weighted by Crippen LogP contribution is 2.34. The molecule has 0 saturated carbocycles. The van der Waals surface area contributed by atoms with E-state index in [9.17, 15) is 0 Å². The average Bonchev–Trinajstić information content (AvgIpc) is 2.90. The van der Waals surface area contributed by atoms with Gasteiger partial charge in [-0.15, -0.1) is 0 Å². The molecule has 0 saturated heterocycles. The molecule has 2 heterocycles. The average molecular weight is 263 g/mol. The Morgan fingerprint density at radius 1 is 1.44 bits per heavy atom. The molecule has 2 N–H and O–H groups in total. The minimum absolute atomic E-state index is 0.658. The van der Waals surface area contributed by atoms with E-state index >= 15 is 0 Å². The van der Waals surface area contributed by atoms with E-state index in [2.05, 4.69) is 16.0 Å². The van der Waals surface area contributed by atoms with Crippen LogP contribution in [0.4, 0.5) is 11.4 Å². The van der Waals surface area contributed by atoms with Crippen LogP contribution in [0.3, 0.4) is 0 Å². The molecule has 3 rings (SSSR count). The number of imidazole rings is 1. The van der Waals surface area contributed by atoms with Crippen LogP contribution in [-0.2, 0) is 20.0 Å². The number of hydrogen-bond donors (Lipinski definition) is 1. The monoisotopic (exact) mass is 262 g/mol. The van der Waals surface area contributed by atoms with Gasteiger partial charge in [0.1, 0.15) is 11.0 Å². The number of rotatable bonds is 2. The van der Waals surface area contributed by atoms with Crippen molar-refractivity contribution < 1.29 is 0 Å². The van der Waals surface area contributed by atoms with Gasteiger partial charge >= 0.3 is 0 Å². The van der Waals surface area contributed by atoms with Crippen molar-refractivity contribution in [2.45, 2.75) is 13.0 Å². The van der Waals surface area contributed by atoms with E-state index in [1.165, 1.54) is 5.56 Å². The van der Waals surface area contributed by atoms with Gasteiger partial charge in [-0.2, -0.15) is 0 Å². The minimum atomic E-state index is 0.658. The molecule has 0 atom stereocenters. The summed E-state index contributed by atoms with van der Waals surface area (Å²) >= 11 is 6.00. The zero-order valence-electron chi connectivity index (χ0n) is 10.2. The van der Waals surface area contributed by atoms with Crippen LogP contribution in [0, 0.1) is 0 Å². The Morgan fingerprint density at radius 3 is 3.00 bits per heavy atom. The van der Waals surface area contributed by atoms with Gasteiger partial charge in [-0.05, 0) is 18.1 Å². The van der Waals surface area contributed by atoms with E-state index < -0.39 is 0 Å². The number of aromatic nitrogens is 2. The maximum absolute atomic E-state index is 6.06. The zero-order chi connectivity index (χ0) is 12.7. The van der Waals surface area contributed by atoms with Crippen molar-refractivity contribution in [3.05, 3.63) is 40.9 Å². The Bertz CT molecular complexity index is 591. The first kappa shape index (κ1) is 11.4. The molecule has 1 aliphatic rings. The quantitative estimate of drug-likeness (QED) is 0.845. The third-order valence-corrected chi connectivity index (χ3v) is 3.83. The highest BCUT2D eigenvalue weighted by molar-refractivity contribution is 6.29. The maximum atomic E-state index is 6.06. The van der Waals surface area contributed by atoms with Crippen LogP contribution < -0.4 is 10.6 Å². The molecule has 1 aromatic carbocycles. The number of nitrogens with two attached hydrogens (primary N) is 1. The van der Waals surface area contributed by atoms with Crippen molar-refractivity contribution in [1.82, 2.24) is 9.55 Å². The minimum Gasteiger partial charge on any atom is -0.397 e. The van der Waals surface area contributed by atoms with Crippen LogP contribution in [0.5, 0.6) is 0 Å². The number of hydrogen-bond acceptors (Lipinski definition) is 3. The van der Waals surface area contributed by atoms with E-state index in [4.69, 9.17) is 17.3 Å². The van der Waals surface area contributed by atoms with Gasteiger partial charge in [0.15, 0.2) is 0 Å². The standard InChI is InChI=1S/C13H15ClN4/c1-17-11(14)7-16-12(17)8-18-6-5-9-3-2-4-10(15)13(9)18/h2-4,7H,5-6,8,15H2,1H3. The molecule has 18 heavy (non-hydrogen) atoms. The van der Waals surface area contributed by atoms with Gasteiger partial charge in [0, 0.05) is 13.6 Å². The third-order valence-electron chi connectivity index (χ3n) is 3.48. The lowest BCUT2D eigenvalue weighted by Gasteiger charge is -2.20. The Kier molecular flexibility index (Phi) is 2.67. The van der Waals surface area contributed by atoms with Crippen molar-refractivity contribution in [3.63, 3.8) is 0 Å². The Balaban J connectivity index is 1.91. The molecule has 0 spiro atoms. The Labute approximate surface area is 111 Å². The number of benzene rings is 1. The number of halogens is 1. The van der Waals surface area contributed by atoms with Gasteiger partial charge in [-0.25, -0.2) is 4.98 Å². The smallest absolute Gasteiger partial charge is 0.129 e. The largest absolute Gasteiger partial charge is 0.397 e. The normalized spacial score (nSPS) is 14.0. The summed E-state index contributed by atoms with van der Waals surface area (Å²) in [5.74, 6) is 0.955. The second-order valence-corrected chi connectivity index (χ2v) is 4.97. The summed E-state index contributed by atoms with van der Waals surface area (Å²) in [7, 11) is 1.93. The molecule has 1 aliphatic heterocycles. The van der Waals surface area contributed by atoms with Crippen LogP contribution >= 0.6 is 11.6 Å². The molecular formula is C13H15ClN4. The first-order chi connectivity index (χ1) is 8.66. The number of para-hydroxylation sites is 1. The Morgan fingerprint density at radius 2 is 2.28 bits per heavy atom. The molecule has 0 bridgehead atoms. The number of nitrogen functional groups attached to an aromatic ring is 1. The first-order valence-electron chi connectivity index (χ1n) is 5.95. The van der Waals surface area contributed by atoms with Gasteiger partial charge < -0.3 is 15.2 Å². The molecule has 1 aromatic heterocycles. The van der Waals surface area contributed by atoms with E-state index in [0.29, 0.717) is 5.15 Å². The molecule has 0 aliphatic carbocycles. The molecule has 5 heteroatoms. The van der Waals surface area contributed by atoms with Gasteiger partial charge in [-0.3, -0.25) is 0 Å². The van der Waals surface area contributed by atoms with Crippen molar-refractivity contribution in [1.29, 1.82) is 0 Å². The van der Waals surface area contributed by atoms with Crippen LogP contribution in [0.1, 0.15) is 11.4 Å². The van der Waals surface area contributed by atoms with E-state index in [-0.39, 0.29) is 0 Å². The molecule has 0 fully saturated rings. The van der Waals surface area contributed by atoms with Crippen molar-refractivity contribution in [2.75, 3.05) is 17.2 Å². The lowest BCUT2D eigenvalue weighted by atomic mass is 10.1. The predicted molar refractivity (Wildman–Crippen MR) is 73.8 cm³/mol. The summed E-state index contributed by atoms with van der Waals surface area (Å²) in [6.07, 6.45) is 2.72. The van der Waals surface area contributed by atoms with Crippen LogP contribution in [-0.4, -0.2) is 16.1 Å². The van der Waals surface area contributed by atoms with E-state index in [1.807, 2.05) is 23.7 Å². The molecule has 4 nitrogen and oxygen atoms in total. The summed E-state index contributed by atoms with van der Waals surface area (Å²) < 4.78 is 1.90.